The summed E-state index contributed by atoms with van der Waals surface area (Å²) in [5, 5.41) is 7.04. The first-order chi connectivity index (χ1) is 14.8. The first-order valence-electron chi connectivity index (χ1n) is 10.7. The highest BCUT2D eigenvalue weighted by Gasteiger charge is 2.19. The van der Waals surface area contributed by atoms with Crippen molar-refractivity contribution in [2.24, 2.45) is 0 Å². The molecule has 0 unspecified atom stereocenters. The Morgan fingerprint density at radius 1 is 0.933 bits per heavy atom. The van der Waals surface area contributed by atoms with Crippen molar-refractivity contribution in [3.63, 3.8) is 0 Å². The lowest BCUT2D eigenvalue weighted by molar-refractivity contribution is 0.190. The van der Waals surface area contributed by atoms with Gasteiger partial charge in [0.1, 0.15) is 5.58 Å². The second kappa shape index (κ2) is 8.42. The minimum absolute atomic E-state index is 0.285. The Balaban J connectivity index is 1.29. The lowest BCUT2D eigenvalue weighted by Gasteiger charge is -2.32. The van der Waals surface area contributed by atoms with E-state index in [-0.39, 0.29) is 5.63 Å². The van der Waals surface area contributed by atoms with Crippen LogP contribution in [-0.2, 0) is 13.1 Å². The number of benzene rings is 3. The standard InChI is InChI=1S/C26H26N2O2/c29-25-16-21(26-23-9-5-4-8-20(23)10-11-24(26)30-25)17-27-22-12-14-28(15-13-22)18-19-6-2-1-3-7-19/h1-11,16,22,27H,12-15,17-18H2. The Morgan fingerprint density at radius 2 is 1.70 bits per heavy atom. The van der Waals surface area contributed by atoms with Gasteiger partial charge in [-0.3, -0.25) is 4.90 Å². The Bertz CT molecular complexity index is 1210. The number of hydrogen-bond donors (Lipinski definition) is 1. The fourth-order valence-corrected chi connectivity index (χ4v) is 4.55. The van der Waals surface area contributed by atoms with Crippen molar-refractivity contribution in [1.82, 2.24) is 10.2 Å². The highest BCUT2D eigenvalue weighted by Crippen LogP contribution is 2.27. The van der Waals surface area contributed by atoms with E-state index < -0.39 is 0 Å². The Kier molecular flexibility index (Phi) is 5.35. The number of hydrogen-bond acceptors (Lipinski definition) is 4. The van der Waals surface area contributed by atoms with Crippen molar-refractivity contribution in [1.29, 1.82) is 0 Å². The van der Waals surface area contributed by atoms with Crippen LogP contribution in [0.2, 0.25) is 0 Å². The summed E-state index contributed by atoms with van der Waals surface area (Å²) in [6, 6.07) is 25.0. The maximum atomic E-state index is 12.1. The molecular weight excluding hydrogens is 372 g/mol. The molecule has 4 aromatic rings. The van der Waals surface area contributed by atoms with E-state index in [1.54, 1.807) is 6.07 Å². The van der Waals surface area contributed by atoms with Gasteiger partial charge in [-0.25, -0.2) is 4.79 Å². The smallest absolute Gasteiger partial charge is 0.336 e. The van der Waals surface area contributed by atoms with Gasteiger partial charge in [-0.05, 0) is 53.9 Å². The van der Waals surface area contributed by atoms with Gasteiger partial charge in [0.25, 0.3) is 0 Å². The lowest BCUT2D eigenvalue weighted by Crippen LogP contribution is -2.41. The molecular formula is C26H26N2O2. The lowest BCUT2D eigenvalue weighted by atomic mass is 10.0. The molecule has 0 amide bonds. The highest BCUT2D eigenvalue weighted by molar-refractivity contribution is 6.07. The molecule has 3 aromatic carbocycles. The SMILES string of the molecule is O=c1cc(CNC2CCN(Cc3ccccc3)CC2)c2c(ccc3ccccc32)o1. The molecule has 0 spiro atoms. The first-order valence-corrected chi connectivity index (χ1v) is 10.7. The molecule has 1 N–H and O–H groups in total. The summed E-state index contributed by atoms with van der Waals surface area (Å²) in [5.74, 6) is 0. The Labute approximate surface area is 176 Å². The highest BCUT2D eigenvalue weighted by atomic mass is 16.4. The predicted molar refractivity (Wildman–Crippen MR) is 122 cm³/mol. The summed E-state index contributed by atoms with van der Waals surface area (Å²) in [5.41, 5.74) is 2.77. The summed E-state index contributed by atoms with van der Waals surface area (Å²) < 4.78 is 5.48. The maximum absolute atomic E-state index is 12.1. The third-order valence-electron chi connectivity index (χ3n) is 6.13. The van der Waals surface area contributed by atoms with Crippen LogP contribution in [0.5, 0.6) is 0 Å². The summed E-state index contributed by atoms with van der Waals surface area (Å²) in [7, 11) is 0. The molecule has 5 rings (SSSR count). The fourth-order valence-electron chi connectivity index (χ4n) is 4.55. The maximum Gasteiger partial charge on any atom is 0.336 e. The van der Waals surface area contributed by atoms with Crippen LogP contribution in [0.3, 0.4) is 0 Å². The van der Waals surface area contributed by atoms with Gasteiger partial charge in [0.05, 0.1) is 0 Å². The molecule has 1 aliphatic rings. The van der Waals surface area contributed by atoms with Crippen molar-refractivity contribution < 1.29 is 4.42 Å². The van der Waals surface area contributed by atoms with Gasteiger partial charge in [-0.1, -0.05) is 60.7 Å². The largest absolute Gasteiger partial charge is 0.423 e. The molecule has 1 aliphatic heterocycles. The minimum Gasteiger partial charge on any atom is -0.423 e. The van der Waals surface area contributed by atoms with E-state index in [2.05, 4.69) is 52.7 Å². The molecule has 152 valence electrons. The molecule has 0 radical (unpaired) electrons. The Morgan fingerprint density at radius 3 is 2.53 bits per heavy atom. The first kappa shape index (κ1) is 19.0. The zero-order valence-electron chi connectivity index (χ0n) is 17.0. The van der Waals surface area contributed by atoms with E-state index in [4.69, 9.17) is 4.42 Å². The normalized spacial score (nSPS) is 15.7. The number of fused-ring (bicyclic) bond motifs is 3. The zero-order chi connectivity index (χ0) is 20.3. The van der Waals surface area contributed by atoms with E-state index in [0.717, 1.165) is 54.2 Å². The van der Waals surface area contributed by atoms with Gasteiger partial charge in [0.2, 0.25) is 0 Å². The molecule has 4 nitrogen and oxygen atoms in total. The number of rotatable bonds is 5. The average Bonchev–Trinajstić information content (AvgIpc) is 2.78. The number of nitrogens with one attached hydrogen (secondary N) is 1. The van der Waals surface area contributed by atoms with Crippen molar-refractivity contribution in [2.75, 3.05) is 13.1 Å². The summed E-state index contributed by atoms with van der Waals surface area (Å²) in [6.07, 6.45) is 2.24. The van der Waals surface area contributed by atoms with Gasteiger partial charge < -0.3 is 9.73 Å². The quantitative estimate of drug-likeness (QED) is 0.391. The monoisotopic (exact) mass is 398 g/mol. The molecule has 1 saturated heterocycles. The number of piperidine rings is 1. The Hall–Kier alpha value is -2.95. The van der Waals surface area contributed by atoms with Crippen molar-refractivity contribution >= 4 is 21.7 Å². The second-order valence-electron chi connectivity index (χ2n) is 8.17. The van der Waals surface area contributed by atoms with E-state index in [9.17, 15) is 4.79 Å². The minimum atomic E-state index is -0.285. The van der Waals surface area contributed by atoms with Crippen molar-refractivity contribution in [3.05, 3.63) is 94.3 Å². The number of likely N-dealkylation sites (tertiary alicyclic amines) is 1. The molecule has 4 heteroatoms. The number of nitrogens with zero attached hydrogens (tertiary/aromatic N) is 1. The third kappa shape index (κ3) is 4.02. The van der Waals surface area contributed by atoms with Crippen LogP contribution >= 0.6 is 0 Å². The summed E-state index contributed by atoms with van der Waals surface area (Å²) in [4.78, 5) is 14.6. The van der Waals surface area contributed by atoms with Crippen LogP contribution in [0.15, 0.2) is 82.0 Å². The molecule has 1 fully saturated rings. The molecule has 0 saturated carbocycles. The van der Waals surface area contributed by atoms with Gasteiger partial charge in [0, 0.05) is 30.6 Å². The van der Waals surface area contributed by atoms with Gasteiger partial charge in [-0.15, -0.1) is 0 Å². The van der Waals surface area contributed by atoms with Gasteiger partial charge >= 0.3 is 5.63 Å². The van der Waals surface area contributed by atoms with E-state index in [1.165, 1.54) is 5.56 Å². The van der Waals surface area contributed by atoms with Crippen LogP contribution < -0.4 is 10.9 Å². The third-order valence-corrected chi connectivity index (χ3v) is 6.13. The molecule has 0 aliphatic carbocycles. The van der Waals surface area contributed by atoms with Gasteiger partial charge in [-0.2, -0.15) is 0 Å². The van der Waals surface area contributed by atoms with E-state index >= 15 is 0 Å². The van der Waals surface area contributed by atoms with E-state index in [0.29, 0.717) is 18.2 Å². The van der Waals surface area contributed by atoms with Crippen LogP contribution in [0.25, 0.3) is 21.7 Å². The molecule has 1 aromatic heterocycles. The summed E-state index contributed by atoms with van der Waals surface area (Å²) >= 11 is 0. The molecule has 30 heavy (non-hydrogen) atoms. The molecule has 2 heterocycles. The van der Waals surface area contributed by atoms with Crippen LogP contribution in [-0.4, -0.2) is 24.0 Å². The summed E-state index contributed by atoms with van der Waals surface area (Å²) in [6.45, 7) is 3.88. The second-order valence-corrected chi connectivity index (χ2v) is 8.17. The van der Waals surface area contributed by atoms with Crippen LogP contribution in [0.4, 0.5) is 0 Å². The predicted octanol–water partition coefficient (Wildman–Crippen LogP) is 4.70. The topological polar surface area (TPSA) is 45.5 Å². The molecule has 0 atom stereocenters. The van der Waals surface area contributed by atoms with E-state index in [1.807, 2.05) is 24.3 Å². The zero-order valence-corrected chi connectivity index (χ0v) is 17.0. The van der Waals surface area contributed by atoms with Crippen LogP contribution in [0.1, 0.15) is 24.0 Å². The van der Waals surface area contributed by atoms with Gasteiger partial charge in [0.15, 0.2) is 0 Å². The average molecular weight is 399 g/mol. The fraction of sp³-hybridized carbons (Fsp3) is 0.269. The van der Waals surface area contributed by atoms with Crippen molar-refractivity contribution in [3.8, 4) is 0 Å². The van der Waals surface area contributed by atoms with Crippen LogP contribution in [0, 0.1) is 0 Å². The molecule has 0 bridgehead atoms. The van der Waals surface area contributed by atoms with Crippen molar-refractivity contribution in [2.45, 2.75) is 32.0 Å².